The second-order valence-corrected chi connectivity index (χ2v) is 9.05. The van der Waals surface area contributed by atoms with E-state index >= 15 is 0 Å². The molecule has 0 aromatic heterocycles. The SMILES string of the molecule is CN=C(NCC1(CS(C)(=O)=O)CC1)N(C)CCOCC1CC1.I. The molecule has 136 valence electrons. The van der Waals surface area contributed by atoms with Gasteiger partial charge in [0.05, 0.1) is 12.4 Å². The van der Waals surface area contributed by atoms with Crippen LogP contribution in [0.3, 0.4) is 0 Å². The average Bonchev–Trinajstić information content (AvgIpc) is 3.31. The zero-order valence-electron chi connectivity index (χ0n) is 14.4. The summed E-state index contributed by atoms with van der Waals surface area (Å²) in [5.74, 6) is 1.85. The first-order chi connectivity index (χ1) is 10.3. The Bertz CT molecular complexity index is 502. The van der Waals surface area contributed by atoms with Gasteiger partial charge in [-0.15, -0.1) is 24.0 Å². The molecular weight excluding hydrogens is 429 g/mol. The monoisotopic (exact) mass is 459 g/mol. The average molecular weight is 459 g/mol. The molecule has 0 atom stereocenters. The summed E-state index contributed by atoms with van der Waals surface area (Å²) in [5, 5.41) is 3.31. The zero-order valence-corrected chi connectivity index (χ0v) is 17.5. The lowest BCUT2D eigenvalue weighted by molar-refractivity contribution is 0.115. The second-order valence-electron chi connectivity index (χ2n) is 6.91. The van der Waals surface area contributed by atoms with E-state index in [0.717, 1.165) is 37.9 Å². The van der Waals surface area contributed by atoms with Crippen LogP contribution in [0.4, 0.5) is 0 Å². The normalized spacial score (nSPS) is 19.9. The molecule has 2 aliphatic rings. The molecule has 1 N–H and O–H groups in total. The van der Waals surface area contributed by atoms with Crippen molar-refractivity contribution in [1.82, 2.24) is 10.2 Å². The number of nitrogens with zero attached hydrogens (tertiary/aromatic N) is 2. The smallest absolute Gasteiger partial charge is 0.193 e. The molecule has 2 saturated carbocycles. The first-order valence-corrected chi connectivity index (χ1v) is 10.1. The summed E-state index contributed by atoms with van der Waals surface area (Å²) in [7, 11) is 0.801. The highest BCUT2D eigenvalue weighted by Gasteiger charge is 2.45. The van der Waals surface area contributed by atoms with Gasteiger partial charge in [0.1, 0.15) is 9.84 Å². The Morgan fingerprint density at radius 2 is 2.04 bits per heavy atom. The summed E-state index contributed by atoms with van der Waals surface area (Å²) in [6, 6.07) is 0. The van der Waals surface area contributed by atoms with Crippen LogP contribution >= 0.6 is 24.0 Å². The number of ether oxygens (including phenoxy) is 1. The van der Waals surface area contributed by atoms with Gasteiger partial charge in [-0.2, -0.15) is 0 Å². The summed E-state index contributed by atoms with van der Waals surface area (Å²) >= 11 is 0. The molecule has 2 fully saturated rings. The largest absolute Gasteiger partial charge is 0.379 e. The Balaban J connectivity index is 0.00000264. The standard InChI is InChI=1S/C15H29N3O3S.HI/c1-16-14(18(2)8-9-21-10-13-4-5-13)17-11-15(6-7-15)12-22(3,19)20;/h13H,4-12H2,1-3H3,(H,16,17);1H. The third-order valence-corrected chi connectivity index (χ3v) is 5.48. The van der Waals surface area contributed by atoms with E-state index in [1.165, 1.54) is 19.1 Å². The van der Waals surface area contributed by atoms with Crippen LogP contribution in [0, 0.1) is 11.3 Å². The number of hydrogen-bond acceptors (Lipinski definition) is 4. The molecule has 0 unspecified atom stereocenters. The Morgan fingerprint density at radius 3 is 2.52 bits per heavy atom. The van der Waals surface area contributed by atoms with Gasteiger partial charge in [-0.1, -0.05) is 0 Å². The molecule has 0 aromatic rings. The molecule has 0 bridgehead atoms. The van der Waals surface area contributed by atoms with Crippen molar-refractivity contribution in [2.24, 2.45) is 16.3 Å². The highest BCUT2D eigenvalue weighted by molar-refractivity contribution is 14.0. The lowest BCUT2D eigenvalue weighted by Crippen LogP contribution is -2.43. The van der Waals surface area contributed by atoms with Crippen molar-refractivity contribution < 1.29 is 13.2 Å². The van der Waals surface area contributed by atoms with Crippen LogP contribution in [0.5, 0.6) is 0 Å². The molecule has 0 saturated heterocycles. The first kappa shape index (κ1) is 21.0. The molecule has 23 heavy (non-hydrogen) atoms. The van der Waals surface area contributed by atoms with Gasteiger partial charge in [-0.25, -0.2) is 8.42 Å². The fourth-order valence-electron chi connectivity index (χ4n) is 2.60. The predicted molar refractivity (Wildman–Crippen MR) is 104 cm³/mol. The zero-order chi connectivity index (χ0) is 16.2. The van der Waals surface area contributed by atoms with Gasteiger partial charge in [0, 0.05) is 45.5 Å². The van der Waals surface area contributed by atoms with Crippen molar-refractivity contribution in [3.05, 3.63) is 0 Å². The maximum atomic E-state index is 11.5. The van der Waals surface area contributed by atoms with Crippen LogP contribution in [0.15, 0.2) is 4.99 Å². The Kier molecular flexibility index (Phi) is 8.06. The van der Waals surface area contributed by atoms with Gasteiger partial charge >= 0.3 is 0 Å². The summed E-state index contributed by atoms with van der Waals surface area (Å²) in [5.41, 5.74) is -0.0904. The molecule has 8 heteroatoms. The topological polar surface area (TPSA) is 71.0 Å². The number of halogens is 1. The van der Waals surface area contributed by atoms with Gasteiger partial charge in [0.2, 0.25) is 0 Å². The molecule has 6 nitrogen and oxygen atoms in total. The second kappa shape index (κ2) is 8.84. The molecule has 0 spiro atoms. The lowest BCUT2D eigenvalue weighted by atomic mass is 10.1. The van der Waals surface area contributed by atoms with Gasteiger partial charge in [0.25, 0.3) is 0 Å². The minimum atomic E-state index is -2.93. The van der Waals surface area contributed by atoms with Crippen LogP contribution < -0.4 is 5.32 Å². The third-order valence-electron chi connectivity index (χ3n) is 4.34. The maximum absolute atomic E-state index is 11.5. The molecule has 0 heterocycles. The van der Waals surface area contributed by atoms with E-state index in [9.17, 15) is 8.42 Å². The third kappa shape index (κ3) is 8.02. The van der Waals surface area contributed by atoms with Crippen LogP contribution in [-0.2, 0) is 14.6 Å². The van der Waals surface area contributed by atoms with Crippen molar-refractivity contribution in [2.45, 2.75) is 25.7 Å². The molecule has 0 aromatic carbocycles. The molecule has 0 amide bonds. The first-order valence-electron chi connectivity index (χ1n) is 8.01. The van der Waals surface area contributed by atoms with E-state index < -0.39 is 9.84 Å². The molecule has 0 radical (unpaired) electrons. The minimum Gasteiger partial charge on any atom is -0.379 e. The van der Waals surface area contributed by atoms with Crippen molar-refractivity contribution >= 4 is 39.8 Å². The number of sulfone groups is 1. The van der Waals surface area contributed by atoms with Crippen LogP contribution in [0.25, 0.3) is 0 Å². The number of aliphatic imine (C=N–C) groups is 1. The van der Waals surface area contributed by atoms with Gasteiger partial charge in [0.15, 0.2) is 5.96 Å². The fourth-order valence-corrected chi connectivity index (χ4v) is 4.10. The summed E-state index contributed by atoms with van der Waals surface area (Å²) in [6.07, 6.45) is 5.87. The molecule has 0 aliphatic heterocycles. The van der Waals surface area contributed by atoms with E-state index in [0.29, 0.717) is 13.2 Å². The Labute approximate surface area is 157 Å². The number of guanidine groups is 1. The number of likely N-dealkylation sites (N-methyl/N-ethyl adjacent to an activating group) is 1. The number of nitrogens with one attached hydrogen (secondary N) is 1. The fraction of sp³-hybridized carbons (Fsp3) is 0.933. The molecular formula is C15H30IN3O3S. The van der Waals surface area contributed by atoms with E-state index in [1.54, 1.807) is 7.05 Å². The molecule has 2 rings (SSSR count). The highest BCUT2D eigenvalue weighted by atomic mass is 127. The van der Waals surface area contributed by atoms with Gasteiger partial charge in [-0.3, -0.25) is 4.99 Å². The lowest BCUT2D eigenvalue weighted by Gasteiger charge is -2.24. The van der Waals surface area contributed by atoms with E-state index in [1.807, 2.05) is 11.9 Å². The van der Waals surface area contributed by atoms with Gasteiger partial charge < -0.3 is 15.0 Å². The number of hydrogen-bond donors (Lipinski definition) is 1. The minimum absolute atomic E-state index is 0. The van der Waals surface area contributed by atoms with E-state index in [4.69, 9.17) is 4.74 Å². The van der Waals surface area contributed by atoms with Crippen molar-refractivity contribution in [3.63, 3.8) is 0 Å². The number of rotatable bonds is 9. The van der Waals surface area contributed by atoms with Crippen LogP contribution in [-0.4, -0.2) is 71.7 Å². The predicted octanol–water partition coefficient (Wildman–Crippen LogP) is 1.36. The Hall–Kier alpha value is -0.0900. The highest BCUT2D eigenvalue weighted by Crippen LogP contribution is 2.46. The molecule has 2 aliphatic carbocycles. The maximum Gasteiger partial charge on any atom is 0.193 e. The van der Waals surface area contributed by atoms with Crippen molar-refractivity contribution in [3.8, 4) is 0 Å². The summed E-state index contributed by atoms with van der Waals surface area (Å²) < 4.78 is 28.6. The summed E-state index contributed by atoms with van der Waals surface area (Å²) in [4.78, 5) is 6.30. The van der Waals surface area contributed by atoms with Crippen molar-refractivity contribution in [2.75, 3.05) is 52.4 Å². The Morgan fingerprint density at radius 1 is 1.39 bits per heavy atom. The van der Waals surface area contributed by atoms with Crippen LogP contribution in [0.2, 0.25) is 0 Å². The van der Waals surface area contributed by atoms with Crippen LogP contribution in [0.1, 0.15) is 25.7 Å². The van der Waals surface area contributed by atoms with Gasteiger partial charge in [-0.05, 0) is 31.6 Å². The quantitative estimate of drug-likeness (QED) is 0.244. The van der Waals surface area contributed by atoms with E-state index in [2.05, 4.69) is 10.3 Å². The summed E-state index contributed by atoms with van der Waals surface area (Å²) in [6.45, 7) is 3.02. The van der Waals surface area contributed by atoms with Crippen molar-refractivity contribution in [1.29, 1.82) is 0 Å². The van der Waals surface area contributed by atoms with E-state index in [-0.39, 0.29) is 35.1 Å².